The van der Waals surface area contributed by atoms with Gasteiger partial charge in [0.2, 0.25) is 11.8 Å². The summed E-state index contributed by atoms with van der Waals surface area (Å²) in [5.74, 6) is -2.84. The second-order valence-electron chi connectivity index (χ2n) is 3.24. The van der Waals surface area contributed by atoms with Crippen LogP contribution in [0.1, 0.15) is 39.5 Å². The van der Waals surface area contributed by atoms with Gasteiger partial charge in [-0.15, -0.1) is 0 Å². The van der Waals surface area contributed by atoms with E-state index < -0.39 is 5.92 Å². The molecule has 1 saturated carbocycles. The second kappa shape index (κ2) is 5.94. The van der Waals surface area contributed by atoms with Gasteiger partial charge in [0, 0.05) is 25.8 Å². The first-order valence-electron chi connectivity index (χ1n) is 5.14. The second-order valence-corrected chi connectivity index (χ2v) is 3.24. The van der Waals surface area contributed by atoms with Crippen molar-refractivity contribution in [1.82, 2.24) is 5.32 Å². The number of nitrogens with one attached hydrogen (secondary N) is 1. The van der Waals surface area contributed by atoms with Crippen molar-refractivity contribution in [2.24, 2.45) is 5.92 Å². The molecule has 0 aromatic carbocycles. The molecular weight excluding hydrogens is 188 g/mol. The number of carbonyl (C=O) groups excluding carboxylic acids is 1. The van der Waals surface area contributed by atoms with Crippen LogP contribution in [0.25, 0.3) is 0 Å². The molecule has 1 N–H and O–H groups in total. The van der Waals surface area contributed by atoms with E-state index in [0.29, 0.717) is 12.8 Å². The summed E-state index contributed by atoms with van der Waals surface area (Å²) >= 11 is 0. The van der Waals surface area contributed by atoms with Crippen LogP contribution in [0.3, 0.4) is 0 Å². The third-order valence-corrected chi connectivity index (χ3v) is 2.33. The molecule has 0 saturated heterocycles. The Bertz CT molecular complexity index is 173. The number of halogens is 2. The van der Waals surface area contributed by atoms with E-state index >= 15 is 0 Å². The van der Waals surface area contributed by atoms with Crippen molar-refractivity contribution < 1.29 is 13.6 Å². The Balaban J connectivity index is 0.000000791. The van der Waals surface area contributed by atoms with E-state index in [9.17, 15) is 13.6 Å². The molecule has 0 unspecified atom stereocenters. The predicted octanol–water partition coefficient (Wildman–Crippen LogP) is 2.58. The van der Waals surface area contributed by atoms with E-state index in [1.54, 1.807) is 0 Å². The zero-order chi connectivity index (χ0) is 11.2. The largest absolute Gasteiger partial charge is 0.359 e. The van der Waals surface area contributed by atoms with Crippen molar-refractivity contribution >= 4 is 5.91 Å². The molecule has 0 aromatic heterocycles. The molecule has 1 rings (SSSR count). The lowest BCUT2D eigenvalue weighted by Gasteiger charge is -2.26. The highest BCUT2D eigenvalue weighted by atomic mass is 19.3. The third-order valence-electron chi connectivity index (χ3n) is 2.33. The Hall–Kier alpha value is -0.670. The normalized spacial score (nSPS) is 20.6. The molecule has 14 heavy (non-hydrogen) atoms. The third kappa shape index (κ3) is 4.03. The van der Waals surface area contributed by atoms with Gasteiger partial charge in [-0.05, 0) is 12.8 Å². The SMILES string of the molecule is CC.CNC(=O)C1CCC(F)(F)CC1. The predicted molar refractivity (Wildman–Crippen MR) is 52.3 cm³/mol. The average molecular weight is 207 g/mol. The molecule has 0 spiro atoms. The maximum atomic E-state index is 12.6. The standard InChI is InChI=1S/C8H13F2NO.C2H6/c1-11-7(12)6-2-4-8(9,10)5-3-6;1-2/h6H,2-5H2,1H3,(H,11,12);1-2H3. The van der Waals surface area contributed by atoms with E-state index in [1.807, 2.05) is 13.8 Å². The topological polar surface area (TPSA) is 29.1 Å². The van der Waals surface area contributed by atoms with E-state index in [2.05, 4.69) is 5.32 Å². The fourth-order valence-electron chi connectivity index (χ4n) is 1.51. The minimum Gasteiger partial charge on any atom is -0.359 e. The fraction of sp³-hybridized carbons (Fsp3) is 0.900. The lowest BCUT2D eigenvalue weighted by molar-refractivity contribution is -0.128. The summed E-state index contributed by atoms with van der Waals surface area (Å²) in [6.45, 7) is 4.00. The van der Waals surface area contributed by atoms with Crippen LogP contribution >= 0.6 is 0 Å². The molecule has 2 nitrogen and oxygen atoms in total. The molecule has 1 aliphatic carbocycles. The Kier molecular flexibility index (Phi) is 5.65. The first-order valence-corrected chi connectivity index (χ1v) is 5.14. The lowest BCUT2D eigenvalue weighted by atomic mass is 9.86. The molecule has 1 aliphatic rings. The zero-order valence-corrected chi connectivity index (χ0v) is 9.07. The van der Waals surface area contributed by atoms with Gasteiger partial charge < -0.3 is 5.32 Å². The Morgan fingerprint density at radius 2 is 1.71 bits per heavy atom. The van der Waals surface area contributed by atoms with Crippen LogP contribution in [0.4, 0.5) is 8.78 Å². The van der Waals surface area contributed by atoms with Crippen molar-refractivity contribution in [3.8, 4) is 0 Å². The van der Waals surface area contributed by atoms with Crippen molar-refractivity contribution in [2.75, 3.05) is 7.05 Å². The zero-order valence-electron chi connectivity index (χ0n) is 9.07. The highest BCUT2D eigenvalue weighted by Gasteiger charge is 2.36. The molecule has 0 heterocycles. The van der Waals surface area contributed by atoms with Crippen molar-refractivity contribution in [2.45, 2.75) is 45.5 Å². The van der Waals surface area contributed by atoms with Gasteiger partial charge in [-0.25, -0.2) is 8.78 Å². The van der Waals surface area contributed by atoms with Crippen LogP contribution < -0.4 is 5.32 Å². The number of amides is 1. The minimum absolute atomic E-state index is 0.106. The number of rotatable bonds is 1. The summed E-state index contributed by atoms with van der Waals surface area (Å²) < 4.78 is 25.2. The molecule has 0 atom stereocenters. The van der Waals surface area contributed by atoms with Crippen LogP contribution in [-0.2, 0) is 4.79 Å². The number of hydrogen-bond donors (Lipinski definition) is 1. The average Bonchev–Trinajstić information content (AvgIpc) is 2.20. The maximum Gasteiger partial charge on any atom is 0.248 e. The van der Waals surface area contributed by atoms with E-state index in [1.165, 1.54) is 7.05 Å². The monoisotopic (exact) mass is 207 g/mol. The van der Waals surface area contributed by atoms with Gasteiger partial charge in [-0.2, -0.15) is 0 Å². The molecule has 4 heteroatoms. The Morgan fingerprint density at radius 1 is 1.29 bits per heavy atom. The van der Waals surface area contributed by atoms with Crippen LogP contribution in [0.5, 0.6) is 0 Å². The minimum atomic E-state index is -2.54. The molecule has 1 fully saturated rings. The van der Waals surface area contributed by atoms with Crippen LogP contribution in [0, 0.1) is 5.92 Å². The van der Waals surface area contributed by atoms with Crippen LogP contribution in [-0.4, -0.2) is 18.9 Å². The van der Waals surface area contributed by atoms with Gasteiger partial charge in [-0.3, -0.25) is 4.79 Å². The summed E-state index contributed by atoms with van der Waals surface area (Å²) in [5.41, 5.74) is 0. The summed E-state index contributed by atoms with van der Waals surface area (Å²) in [7, 11) is 1.54. The lowest BCUT2D eigenvalue weighted by Crippen LogP contribution is -2.34. The number of alkyl halides is 2. The highest BCUT2D eigenvalue weighted by Crippen LogP contribution is 2.35. The first-order chi connectivity index (χ1) is 6.55. The van der Waals surface area contributed by atoms with E-state index in [-0.39, 0.29) is 24.7 Å². The van der Waals surface area contributed by atoms with Gasteiger partial charge in [-0.1, -0.05) is 13.8 Å². The van der Waals surface area contributed by atoms with Crippen molar-refractivity contribution in [3.05, 3.63) is 0 Å². The van der Waals surface area contributed by atoms with Gasteiger partial charge in [0.25, 0.3) is 0 Å². The molecule has 0 aromatic rings. The molecule has 0 radical (unpaired) electrons. The Morgan fingerprint density at radius 3 is 2.07 bits per heavy atom. The number of hydrogen-bond acceptors (Lipinski definition) is 1. The molecule has 1 amide bonds. The first kappa shape index (κ1) is 13.3. The van der Waals surface area contributed by atoms with E-state index in [4.69, 9.17) is 0 Å². The summed E-state index contributed by atoms with van der Waals surface area (Å²) in [6.07, 6.45) is 0.329. The van der Waals surface area contributed by atoms with Crippen molar-refractivity contribution in [3.63, 3.8) is 0 Å². The Labute approximate surface area is 84.1 Å². The fourth-order valence-corrected chi connectivity index (χ4v) is 1.51. The maximum absolute atomic E-state index is 12.6. The summed E-state index contributed by atoms with van der Waals surface area (Å²) in [5, 5.41) is 2.48. The quantitative estimate of drug-likeness (QED) is 0.703. The smallest absolute Gasteiger partial charge is 0.248 e. The molecule has 0 aliphatic heterocycles. The van der Waals surface area contributed by atoms with E-state index in [0.717, 1.165) is 0 Å². The van der Waals surface area contributed by atoms with Gasteiger partial charge in [0.1, 0.15) is 0 Å². The van der Waals surface area contributed by atoms with Gasteiger partial charge in [0.05, 0.1) is 0 Å². The summed E-state index contributed by atoms with van der Waals surface area (Å²) in [4.78, 5) is 11.0. The number of carbonyl (C=O) groups is 1. The van der Waals surface area contributed by atoms with Gasteiger partial charge >= 0.3 is 0 Å². The summed E-state index contributed by atoms with van der Waals surface area (Å²) in [6, 6.07) is 0. The molecular formula is C10H19F2NO. The van der Waals surface area contributed by atoms with Gasteiger partial charge in [0.15, 0.2) is 0 Å². The highest BCUT2D eigenvalue weighted by molar-refractivity contribution is 5.78. The van der Waals surface area contributed by atoms with Crippen LogP contribution in [0.15, 0.2) is 0 Å². The molecule has 84 valence electrons. The van der Waals surface area contributed by atoms with Crippen molar-refractivity contribution in [1.29, 1.82) is 0 Å². The van der Waals surface area contributed by atoms with Crippen LogP contribution in [0.2, 0.25) is 0 Å². The molecule has 0 bridgehead atoms.